The summed E-state index contributed by atoms with van der Waals surface area (Å²) in [4.78, 5) is 15.1. The molecule has 0 aromatic carbocycles. The van der Waals surface area contributed by atoms with Crippen LogP contribution in [0, 0.1) is 6.92 Å². The molecule has 2 aromatic rings. The van der Waals surface area contributed by atoms with Crippen LogP contribution in [0.15, 0.2) is 18.5 Å². The van der Waals surface area contributed by atoms with E-state index >= 15 is 0 Å². The summed E-state index contributed by atoms with van der Waals surface area (Å²) in [5.74, 6) is 1.55. The zero-order chi connectivity index (χ0) is 10.7. The first-order valence-corrected chi connectivity index (χ1v) is 4.85. The predicted molar refractivity (Wildman–Crippen MR) is 57.7 cm³/mol. The number of hydrogen-bond donors (Lipinski definition) is 2. The van der Waals surface area contributed by atoms with Crippen LogP contribution in [0.1, 0.15) is 11.5 Å². The average molecular weight is 224 g/mol. The Labute approximate surface area is 91.9 Å². The minimum atomic E-state index is 0.247. The van der Waals surface area contributed by atoms with E-state index < -0.39 is 0 Å². The summed E-state index contributed by atoms with van der Waals surface area (Å²) in [7, 11) is 0. The zero-order valence-electron chi connectivity index (χ0n) is 8.16. The first-order valence-electron chi connectivity index (χ1n) is 4.47. The van der Waals surface area contributed by atoms with Gasteiger partial charge >= 0.3 is 0 Å². The zero-order valence-corrected chi connectivity index (χ0v) is 8.91. The van der Waals surface area contributed by atoms with Crippen molar-refractivity contribution in [1.82, 2.24) is 19.9 Å². The summed E-state index contributed by atoms with van der Waals surface area (Å²) >= 11 is 5.73. The van der Waals surface area contributed by atoms with E-state index in [1.165, 1.54) is 0 Å². The van der Waals surface area contributed by atoms with Crippen molar-refractivity contribution in [1.29, 1.82) is 0 Å². The van der Waals surface area contributed by atoms with E-state index in [0.29, 0.717) is 12.4 Å². The number of anilines is 1. The van der Waals surface area contributed by atoms with Gasteiger partial charge in [0.15, 0.2) is 0 Å². The second kappa shape index (κ2) is 4.27. The van der Waals surface area contributed by atoms with Crippen LogP contribution in [0.4, 0.5) is 5.82 Å². The van der Waals surface area contributed by atoms with Crippen LogP contribution < -0.4 is 5.32 Å². The highest BCUT2D eigenvalue weighted by Crippen LogP contribution is 2.10. The Hall–Kier alpha value is -1.62. The molecule has 6 heteroatoms. The average Bonchev–Trinajstić information content (AvgIpc) is 2.65. The SMILES string of the molecule is Cc1cc(NCc2ncc[nH]2)nc(Cl)n1. The molecule has 0 saturated heterocycles. The predicted octanol–water partition coefficient (Wildman–Crippen LogP) is 1.77. The van der Waals surface area contributed by atoms with Crippen molar-refractivity contribution in [3.05, 3.63) is 35.3 Å². The summed E-state index contributed by atoms with van der Waals surface area (Å²) in [6, 6.07) is 1.83. The number of aromatic amines is 1. The quantitative estimate of drug-likeness (QED) is 0.779. The Morgan fingerprint density at radius 1 is 1.47 bits per heavy atom. The third kappa shape index (κ3) is 2.66. The first kappa shape index (κ1) is 9.92. The minimum Gasteiger partial charge on any atom is -0.363 e. The summed E-state index contributed by atoms with van der Waals surface area (Å²) in [5, 5.41) is 3.35. The van der Waals surface area contributed by atoms with Crippen LogP contribution >= 0.6 is 11.6 Å². The molecule has 0 saturated carbocycles. The van der Waals surface area contributed by atoms with Crippen molar-refractivity contribution in [2.75, 3.05) is 5.32 Å². The highest BCUT2D eigenvalue weighted by atomic mass is 35.5. The van der Waals surface area contributed by atoms with Crippen LogP contribution in [0.3, 0.4) is 0 Å². The summed E-state index contributed by atoms with van der Waals surface area (Å²) in [6.45, 7) is 2.45. The molecule has 2 N–H and O–H groups in total. The molecule has 0 aliphatic rings. The van der Waals surface area contributed by atoms with E-state index in [9.17, 15) is 0 Å². The Morgan fingerprint density at radius 2 is 2.33 bits per heavy atom. The number of aryl methyl sites for hydroxylation is 1. The molecule has 0 spiro atoms. The molecule has 0 bridgehead atoms. The molecule has 0 aliphatic carbocycles. The van der Waals surface area contributed by atoms with Crippen molar-refractivity contribution in [2.45, 2.75) is 13.5 Å². The lowest BCUT2D eigenvalue weighted by atomic mass is 10.4. The smallest absolute Gasteiger partial charge is 0.224 e. The maximum absolute atomic E-state index is 5.73. The molecule has 78 valence electrons. The van der Waals surface area contributed by atoms with Crippen LogP contribution in [0.2, 0.25) is 5.28 Å². The van der Waals surface area contributed by atoms with E-state index in [1.54, 1.807) is 12.4 Å². The molecule has 0 amide bonds. The maximum Gasteiger partial charge on any atom is 0.224 e. The molecule has 15 heavy (non-hydrogen) atoms. The van der Waals surface area contributed by atoms with Gasteiger partial charge in [-0.15, -0.1) is 0 Å². The van der Waals surface area contributed by atoms with Crippen molar-refractivity contribution >= 4 is 17.4 Å². The van der Waals surface area contributed by atoms with E-state index in [2.05, 4.69) is 25.3 Å². The molecule has 0 atom stereocenters. The van der Waals surface area contributed by atoms with E-state index in [1.807, 2.05) is 13.0 Å². The fourth-order valence-electron chi connectivity index (χ4n) is 1.19. The fourth-order valence-corrected chi connectivity index (χ4v) is 1.42. The maximum atomic E-state index is 5.73. The van der Waals surface area contributed by atoms with Gasteiger partial charge in [0, 0.05) is 24.2 Å². The lowest BCUT2D eigenvalue weighted by Gasteiger charge is -2.04. The standard InChI is InChI=1S/C9H10ClN5/c1-6-4-7(15-9(10)14-6)13-5-8-11-2-3-12-8/h2-4H,5H2,1H3,(H,11,12)(H,13,14,15). The van der Waals surface area contributed by atoms with Gasteiger partial charge in [-0.3, -0.25) is 0 Å². The van der Waals surface area contributed by atoms with Gasteiger partial charge in [-0.25, -0.2) is 15.0 Å². The van der Waals surface area contributed by atoms with Gasteiger partial charge in [-0.2, -0.15) is 0 Å². The molecule has 0 fully saturated rings. The van der Waals surface area contributed by atoms with Gasteiger partial charge in [-0.05, 0) is 18.5 Å². The minimum absolute atomic E-state index is 0.247. The molecule has 0 aliphatic heterocycles. The monoisotopic (exact) mass is 223 g/mol. The van der Waals surface area contributed by atoms with Gasteiger partial charge in [0.2, 0.25) is 5.28 Å². The molecular formula is C9H10ClN5. The number of halogens is 1. The van der Waals surface area contributed by atoms with E-state index in [0.717, 1.165) is 11.5 Å². The van der Waals surface area contributed by atoms with Gasteiger partial charge in [0.1, 0.15) is 11.6 Å². The topological polar surface area (TPSA) is 66.5 Å². The van der Waals surface area contributed by atoms with Gasteiger partial charge < -0.3 is 10.3 Å². The van der Waals surface area contributed by atoms with Gasteiger partial charge in [-0.1, -0.05) is 0 Å². The van der Waals surface area contributed by atoms with Crippen LogP contribution in [0.5, 0.6) is 0 Å². The Kier molecular flexibility index (Phi) is 2.82. The third-order valence-electron chi connectivity index (χ3n) is 1.82. The van der Waals surface area contributed by atoms with Crippen LogP contribution in [-0.4, -0.2) is 19.9 Å². The van der Waals surface area contributed by atoms with Crippen LogP contribution in [-0.2, 0) is 6.54 Å². The molecule has 2 aromatic heterocycles. The second-order valence-corrected chi connectivity index (χ2v) is 3.39. The van der Waals surface area contributed by atoms with E-state index in [4.69, 9.17) is 11.6 Å². The third-order valence-corrected chi connectivity index (χ3v) is 1.99. The van der Waals surface area contributed by atoms with Gasteiger partial charge in [0.25, 0.3) is 0 Å². The Bertz CT molecular complexity index is 420. The number of hydrogen-bond acceptors (Lipinski definition) is 4. The first-order chi connectivity index (χ1) is 7.24. The number of aromatic nitrogens is 4. The van der Waals surface area contributed by atoms with Crippen LogP contribution in [0.25, 0.3) is 0 Å². The molecule has 0 radical (unpaired) electrons. The van der Waals surface area contributed by atoms with E-state index in [-0.39, 0.29) is 5.28 Å². The summed E-state index contributed by atoms with van der Waals surface area (Å²) in [5.41, 5.74) is 0.831. The Morgan fingerprint density at radius 3 is 3.00 bits per heavy atom. The molecular weight excluding hydrogens is 214 g/mol. The normalized spacial score (nSPS) is 10.3. The van der Waals surface area contributed by atoms with Gasteiger partial charge in [0.05, 0.1) is 6.54 Å². The lowest BCUT2D eigenvalue weighted by Crippen LogP contribution is -2.04. The second-order valence-electron chi connectivity index (χ2n) is 3.05. The number of nitrogens with one attached hydrogen (secondary N) is 2. The highest BCUT2D eigenvalue weighted by molar-refractivity contribution is 6.28. The number of imidazole rings is 1. The number of nitrogens with zero attached hydrogens (tertiary/aromatic N) is 3. The van der Waals surface area contributed by atoms with Crippen molar-refractivity contribution < 1.29 is 0 Å². The van der Waals surface area contributed by atoms with Crippen molar-refractivity contribution in [2.24, 2.45) is 0 Å². The lowest BCUT2D eigenvalue weighted by molar-refractivity contribution is 0.977. The number of H-pyrrole nitrogens is 1. The fraction of sp³-hybridized carbons (Fsp3) is 0.222. The highest BCUT2D eigenvalue weighted by Gasteiger charge is 2.00. The Balaban J connectivity index is 2.05. The number of rotatable bonds is 3. The van der Waals surface area contributed by atoms with Crippen molar-refractivity contribution in [3.63, 3.8) is 0 Å². The van der Waals surface area contributed by atoms with Crippen molar-refractivity contribution in [3.8, 4) is 0 Å². The molecule has 2 rings (SSSR count). The summed E-state index contributed by atoms with van der Waals surface area (Å²) < 4.78 is 0. The largest absolute Gasteiger partial charge is 0.363 e. The molecule has 5 nitrogen and oxygen atoms in total. The summed E-state index contributed by atoms with van der Waals surface area (Å²) in [6.07, 6.45) is 3.48. The molecule has 0 unspecified atom stereocenters. The molecule has 2 heterocycles.